The molecule has 0 N–H and O–H groups in total. The van der Waals surface area contributed by atoms with Gasteiger partial charge in [0.25, 0.3) is 0 Å². The van der Waals surface area contributed by atoms with Crippen molar-refractivity contribution < 1.29 is 9.59 Å². The lowest BCUT2D eigenvalue weighted by atomic mass is 10.1. The van der Waals surface area contributed by atoms with Gasteiger partial charge in [0, 0.05) is 31.7 Å². The molecular weight excluding hydrogens is 324 g/mol. The maximum absolute atomic E-state index is 13.0. The van der Waals surface area contributed by atoms with Gasteiger partial charge >= 0.3 is 0 Å². The lowest BCUT2D eigenvalue weighted by Gasteiger charge is -2.24. The molecule has 136 valence electrons. The van der Waals surface area contributed by atoms with E-state index in [1.807, 2.05) is 61.2 Å². The van der Waals surface area contributed by atoms with Crippen molar-refractivity contribution in [2.75, 3.05) is 24.5 Å². The van der Waals surface area contributed by atoms with E-state index in [1.54, 1.807) is 4.90 Å². The van der Waals surface area contributed by atoms with E-state index in [0.717, 1.165) is 17.7 Å². The number of carbonyl (C=O) groups excluding carboxylic acids is 2. The second-order valence-corrected chi connectivity index (χ2v) is 6.90. The minimum Gasteiger partial charge on any atom is -0.342 e. The smallest absolute Gasteiger partial charge is 0.232 e. The van der Waals surface area contributed by atoms with Gasteiger partial charge in [0.1, 0.15) is 0 Å². The van der Waals surface area contributed by atoms with Crippen LogP contribution < -0.4 is 4.90 Å². The zero-order chi connectivity index (χ0) is 18.5. The highest BCUT2D eigenvalue weighted by Crippen LogP contribution is 2.24. The van der Waals surface area contributed by atoms with Gasteiger partial charge in [-0.3, -0.25) is 9.59 Å². The van der Waals surface area contributed by atoms with Crippen LogP contribution in [0.1, 0.15) is 24.5 Å². The second kappa shape index (κ2) is 8.17. The van der Waals surface area contributed by atoms with Crippen LogP contribution in [-0.2, 0) is 16.0 Å². The van der Waals surface area contributed by atoms with E-state index in [4.69, 9.17) is 0 Å². The molecule has 1 fully saturated rings. The fourth-order valence-electron chi connectivity index (χ4n) is 3.54. The molecule has 1 unspecified atom stereocenters. The maximum Gasteiger partial charge on any atom is 0.232 e. The first-order chi connectivity index (χ1) is 12.6. The van der Waals surface area contributed by atoms with E-state index < -0.39 is 0 Å². The number of anilines is 1. The second-order valence-electron chi connectivity index (χ2n) is 6.90. The standard InChI is InChI=1S/C22H26N2O2/c1-3-24(20-11-7-8-17(2)14-20)22(26)19-15-21(25)23(16-19)13-12-18-9-5-4-6-10-18/h4-11,14,19H,3,12-13,15-16H2,1-2H3. The molecule has 0 spiro atoms. The number of benzene rings is 2. The van der Waals surface area contributed by atoms with Crippen molar-refractivity contribution in [2.24, 2.45) is 5.92 Å². The van der Waals surface area contributed by atoms with Crippen molar-refractivity contribution in [3.05, 3.63) is 65.7 Å². The van der Waals surface area contributed by atoms with Crippen LogP contribution in [0.5, 0.6) is 0 Å². The summed E-state index contributed by atoms with van der Waals surface area (Å²) >= 11 is 0. The normalized spacial score (nSPS) is 16.8. The van der Waals surface area contributed by atoms with Crippen LogP contribution >= 0.6 is 0 Å². The first-order valence-electron chi connectivity index (χ1n) is 9.28. The summed E-state index contributed by atoms with van der Waals surface area (Å²) in [7, 11) is 0. The number of hydrogen-bond acceptors (Lipinski definition) is 2. The van der Waals surface area contributed by atoms with Gasteiger partial charge in [0.05, 0.1) is 5.92 Å². The van der Waals surface area contributed by atoms with Crippen LogP contribution in [0, 0.1) is 12.8 Å². The number of nitrogens with zero attached hydrogens (tertiary/aromatic N) is 2. The molecule has 1 aliphatic heterocycles. The van der Waals surface area contributed by atoms with Gasteiger partial charge in [-0.1, -0.05) is 42.5 Å². The summed E-state index contributed by atoms with van der Waals surface area (Å²) in [5, 5.41) is 0. The summed E-state index contributed by atoms with van der Waals surface area (Å²) < 4.78 is 0. The van der Waals surface area contributed by atoms with Gasteiger partial charge in [-0.2, -0.15) is 0 Å². The number of aryl methyl sites for hydroxylation is 1. The molecule has 2 amide bonds. The maximum atomic E-state index is 13.0. The predicted molar refractivity (Wildman–Crippen MR) is 104 cm³/mol. The SMILES string of the molecule is CCN(C(=O)C1CC(=O)N(CCc2ccccc2)C1)c1cccc(C)c1. The molecule has 4 nitrogen and oxygen atoms in total. The summed E-state index contributed by atoms with van der Waals surface area (Å²) in [6.07, 6.45) is 1.14. The molecule has 2 aromatic carbocycles. The van der Waals surface area contributed by atoms with E-state index in [1.165, 1.54) is 5.56 Å². The average molecular weight is 350 g/mol. The van der Waals surface area contributed by atoms with E-state index >= 15 is 0 Å². The third-order valence-electron chi connectivity index (χ3n) is 4.97. The van der Waals surface area contributed by atoms with E-state index in [0.29, 0.717) is 26.1 Å². The van der Waals surface area contributed by atoms with Gasteiger partial charge in [-0.25, -0.2) is 0 Å². The molecule has 3 rings (SSSR count). The fraction of sp³-hybridized carbons (Fsp3) is 0.364. The Labute approximate surface area is 155 Å². The molecule has 26 heavy (non-hydrogen) atoms. The summed E-state index contributed by atoms with van der Waals surface area (Å²) in [5.74, 6) is -0.119. The molecule has 1 saturated heterocycles. The van der Waals surface area contributed by atoms with Gasteiger partial charge in [-0.15, -0.1) is 0 Å². The lowest BCUT2D eigenvalue weighted by Crippen LogP contribution is -2.37. The number of amides is 2. The van der Waals surface area contributed by atoms with Crippen molar-refractivity contribution in [1.82, 2.24) is 4.90 Å². The topological polar surface area (TPSA) is 40.6 Å². The zero-order valence-corrected chi connectivity index (χ0v) is 15.5. The molecule has 0 aromatic heterocycles. The molecule has 2 aromatic rings. The Bertz CT molecular complexity index is 773. The third kappa shape index (κ3) is 4.13. The number of carbonyl (C=O) groups is 2. The van der Waals surface area contributed by atoms with Gasteiger partial charge in [0.15, 0.2) is 0 Å². The molecule has 1 aliphatic rings. The van der Waals surface area contributed by atoms with Crippen LogP contribution in [0.15, 0.2) is 54.6 Å². The first kappa shape index (κ1) is 18.2. The highest BCUT2D eigenvalue weighted by molar-refractivity contribution is 5.99. The average Bonchev–Trinajstić information content (AvgIpc) is 3.02. The van der Waals surface area contributed by atoms with Crippen molar-refractivity contribution in [2.45, 2.75) is 26.7 Å². The van der Waals surface area contributed by atoms with Crippen LogP contribution in [0.4, 0.5) is 5.69 Å². The van der Waals surface area contributed by atoms with Crippen molar-refractivity contribution >= 4 is 17.5 Å². The molecule has 0 radical (unpaired) electrons. The highest BCUT2D eigenvalue weighted by atomic mass is 16.2. The van der Waals surface area contributed by atoms with Crippen molar-refractivity contribution in [1.29, 1.82) is 0 Å². The van der Waals surface area contributed by atoms with Gasteiger partial charge < -0.3 is 9.80 Å². The van der Waals surface area contributed by atoms with Crippen molar-refractivity contribution in [3.63, 3.8) is 0 Å². The molecule has 1 heterocycles. The van der Waals surface area contributed by atoms with Gasteiger partial charge in [0.2, 0.25) is 11.8 Å². The van der Waals surface area contributed by atoms with Crippen LogP contribution in [0.2, 0.25) is 0 Å². The Kier molecular flexibility index (Phi) is 5.71. The molecule has 1 atom stereocenters. The number of hydrogen-bond donors (Lipinski definition) is 0. The first-order valence-corrected chi connectivity index (χ1v) is 9.28. The van der Waals surface area contributed by atoms with Crippen molar-refractivity contribution in [3.8, 4) is 0 Å². The highest BCUT2D eigenvalue weighted by Gasteiger charge is 2.36. The molecule has 4 heteroatoms. The monoisotopic (exact) mass is 350 g/mol. The predicted octanol–water partition coefficient (Wildman–Crippen LogP) is 3.44. The van der Waals surface area contributed by atoms with Crippen LogP contribution in [0.25, 0.3) is 0 Å². The molecule has 0 aliphatic carbocycles. The Hall–Kier alpha value is -2.62. The number of likely N-dealkylation sites (tertiary alicyclic amines) is 1. The third-order valence-corrected chi connectivity index (χ3v) is 4.97. The lowest BCUT2D eigenvalue weighted by molar-refractivity contribution is -0.128. The Morgan fingerprint density at radius 3 is 2.62 bits per heavy atom. The van der Waals surface area contributed by atoms with Crippen LogP contribution in [-0.4, -0.2) is 36.3 Å². The largest absolute Gasteiger partial charge is 0.342 e. The fourth-order valence-corrected chi connectivity index (χ4v) is 3.54. The summed E-state index contributed by atoms with van der Waals surface area (Å²) in [6, 6.07) is 18.1. The quantitative estimate of drug-likeness (QED) is 0.801. The minimum absolute atomic E-state index is 0.0497. The van der Waals surface area contributed by atoms with Crippen LogP contribution in [0.3, 0.4) is 0 Å². The Balaban J connectivity index is 1.64. The zero-order valence-electron chi connectivity index (χ0n) is 15.5. The Morgan fingerprint density at radius 2 is 1.92 bits per heavy atom. The van der Waals surface area contributed by atoms with E-state index in [9.17, 15) is 9.59 Å². The summed E-state index contributed by atoms with van der Waals surface area (Å²) in [5.41, 5.74) is 3.25. The molecule has 0 bridgehead atoms. The Morgan fingerprint density at radius 1 is 1.15 bits per heavy atom. The van der Waals surface area contributed by atoms with E-state index in [-0.39, 0.29) is 17.7 Å². The van der Waals surface area contributed by atoms with E-state index in [2.05, 4.69) is 12.1 Å². The molecule has 0 saturated carbocycles. The summed E-state index contributed by atoms with van der Waals surface area (Å²) in [4.78, 5) is 29.0. The van der Waals surface area contributed by atoms with Gasteiger partial charge in [-0.05, 0) is 43.5 Å². The number of rotatable bonds is 6. The minimum atomic E-state index is -0.251. The molecular formula is C22H26N2O2. The summed E-state index contributed by atoms with van der Waals surface area (Å²) in [6.45, 7) is 5.80.